The van der Waals surface area contributed by atoms with E-state index in [1.807, 2.05) is 14.0 Å². The topological polar surface area (TPSA) is 29.5 Å². The van der Waals surface area contributed by atoms with Gasteiger partial charge in [0.1, 0.15) is 0 Å². The van der Waals surface area contributed by atoms with Gasteiger partial charge in [0.05, 0.1) is 6.10 Å². The molecule has 1 rings (SSSR count). The van der Waals surface area contributed by atoms with Gasteiger partial charge in [0.15, 0.2) is 0 Å². The molecule has 2 unspecified atom stereocenters. The first kappa shape index (κ1) is 13.8. The lowest BCUT2D eigenvalue weighted by atomic mass is 10.1. The third kappa shape index (κ3) is 5.17. The van der Waals surface area contributed by atoms with Crippen LogP contribution in [0.4, 0.5) is 0 Å². The highest BCUT2D eigenvalue weighted by atomic mass is 35.5. The Labute approximate surface area is 103 Å². The van der Waals surface area contributed by atoms with Crippen molar-refractivity contribution in [1.29, 1.82) is 0 Å². The number of nitrogens with zero attached hydrogens (tertiary/aromatic N) is 1. The zero-order valence-electron chi connectivity index (χ0n) is 10.2. The van der Waals surface area contributed by atoms with Crippen LogP contribution in [0.5, 0.6) is 0 Å². The fourth-order valence-corrected chi connectivity index (χ4v) is 1.94. The van der Waals surface area contributed by atoms with Crippen LogP contribution >= 0.6 is 11.6 Å². The third-order valence-electron chi connectivity index (χ3n) is 2.99. The number of amides is 1. The standard InChI is InChI=1S/C12H22ClNO2/c1-10(13)7-8-14(2)12(15)6-5-11-4-3-9-16-11/h10-11H,3-9H2,1-2H3. The van der Waals surface area contributed by atoms with Crippen LogP contribution in [0.25, 0.3) is 0 Å². The van der Waals surface area contributed by atoms with Gasteiger partial charge in [0.2, 0.25) is 5.91 Å². The van der Waals surface area contributed by atoms with E-state index in [0.717, 1.165) is 38.8 Å². The molecule has 0 saturated carbocycles. The van der Waals surface area contributed by atoms with Crippen molar-refractivity contribution in [2.24, 2.45) is 0 Å². The maximum atomic E-state index is 11.7. The molecule has 1 amide bonds. The second-order valence-corrected chi connectivity index (χ2v) is 5.30. The molecule has 0 N–H and O–H groups in total. The Hall–Kier alpha value is -0.280. The van der Waals surface area contributed by atoms with Crippen molar-refractivity contribution in [3.05, 3.63) is 0 Å². The predicted octanol–water partition coefficient (Wildman–Crippen LogP) is 2.42. The van der Waals surface area contributed by atoms with Gasteiger partial charge in [-0.1, -0.05) is 0 Å². The van der Waals surface area contributed by atoms with E-state index in [0.29, 0.717) is 12.5 Å². The van der Waals surface area contributed by atoms with Gasteiger partial charge in [-0.2, -0.15) is 0 Å². The van der Waals surface area contributed by atoms with Crippen molar-refractivity contribution in [2.75, 3.05) is 20.2 Å². The van der Waals surface area contributed by atoms with Crippen molar-refractivity contribution < 1.29 is 9.53 Å². The summed E-state index contributed by atoms with van der Waals surface area (Å²) >= 11 is 5.85. The summed E-state index contributed by atoms with van der Waals surface area (Å²) in [4.78, 5) is 13.5. The van der Waals surface area contributed by atoms with Crippen molar-refractivity contribution in [1.82, 2.24) is 4.90 Å². The molecule has 2 atom stereocenters. The Balaban J connectivity index is 2.12. The molecule has 3 nitrogen and oxygen atoms in total. The van der Waals surface area contributed by atoms with Crippen LogP contribution in [-0.4, -0.2) is 42.5 Å². The van der Waals surface area contributed by atoms with Crippen LogP contribution in [0.3, 0.4) is 0 Å². The molecule has 16 heavy (non-hydrogen) atoms. The van der Waals surface area contributed by atoms with Gasteiger partial charge in [-0.3, -0.25) is 4.79 Å². The van der Waals surface area contributed by atoms with Crippen LogP contribution in [-0.2, 0) is 9.53 Å². The Bertz CT molecular complexity index is 215. The van der Waals surface area contributed by atoms with Crippen LogP contribution in [0.1, 0.15) is 39.0 Å². The molecule has 0 bridgehead atoms. The van der Waals surface area contributed by atoms with E-state index >= 15 is 0 Å². The zero-order chi connectivity index (χ0) is 12.0. The molecule has 4 heteroatoms. The highest BCUT2D eigenvalue weighted by Gasteiger charge is 2.18. The molecule has 1 fully saturated rings. The number of rotatable bonds is 6. The Kier molecular flexibility index (Phi) is 6.14. The van der Waals surface area contributed by atoms with Gasteiger partial charge >= 0.3 is 0 Å². The van der Waals surface area contributed by atoms with Gasteiger partial charge in [-0.25, -0.2) is 0 Å². The summed E-state index contributed by atoms with van der Waals surface area (Å²) in [5.74, 6) is 0.202. The lowest BCUT2D eigenvalue weighted by Gasteiger charge is -2.18. The molecule has 0 aliphatic carbocycles. The van der Waals surface area contributed by atoms with Crippen molar-refractivity contribution in [3.63, 3.8) is 0 Å². The number of carbonyl (C=O) groups is 1. The molecular weight excluding hydrogens is 226 g/mol. The summed E-state index contributed by atoms with van der Waals surface area (Å²) in [7, 11) is 1.84. The molecule has 1 saturated heterocycles. The lowest BCUT2D eigenvalue weighted by molar-refractivity contribution is -0.130. The summed E-state index contributed by atoms with van der Waals surface area (Å²) < 4.78 is 5.49. The summed E-state index contributed by atoms with van der Waals surface area (Å²) in [6.07, 6.45) is 4.86. The highest BCUT2D eigenvalue weighted by Crippen LogP contribution is 2.17. The third-order valence-corrected chi connectivity index (χ3v) is 3.21. The number of carbonyl (C=O) groups excluding carboxylic acids is 1. The molecule has 1 aliphatic heterocycles. The van der Waals surface area contributed by atoms with E-state index in [2.05, 4.69) is 0 Å². The number of hydrogen-bond donors (Lipinski definition) is 0. The predicted molar refractivity (Wildman–Crippen MR) is 65.8 cm³/mol. The van der Waals surface area contributed by atoms with Crippen molar-refractivity contribution in [2.45, 2.75) is 50.5 Å². The fourth-order valence-electron chi connectivity index (χ4n) is 1.84. The van der Waals surface area contributed by atoms with Crippen LogP contribution in [0, 0.1) is 0 Å². The van der Waals surface area contributed by atoms with Crippen molar-refractivity contribution >= 4 is 17.5 Å². The smallest absolute Gasteiger partial charge is 0.222 e. The summed E-state index contributed by atoms with van der Waals surface area (Å²) in [6, 6.07) is 0. The zero-order valence-corrected chi connectivity index (χ0v) is 11.0. The van der Waals surface area contributed by atoms with Crippen LogP contribution in [0.15, 0.2) is 0 Å². The maximum Gasteiger partial charge on any atom is 0.222 e. The molecule has 1 aliphatic rings. The second kappa shape index (κ2) is 7.13. The number of ether oxygens (including phenoxy) is 1. The van der Waals surface area contributed by atoms with Crippen LogP contribution in [0.2, 0.25) is 0 Å². The Morgan fingerprint density at radius 3 is 2.94 bits per heavy atom. The summed E-state index contributed by atoms with van der Waals surface area (Å²) in [5.41, 5.74) is 0. The first-order valence-electron chi connectivity index (χ1n) is 6.09. The quantitative estimate of drug-likeness (QED) is 0.675. The van der Waals surface area contributed by atoms with E-state index in [4.69, 9.17) is 16.3 Å². The van der Waals surface area contributed by atoms with Crippen LogP contribution < -0.4 is 0 Å². The molecule has 0 aromatic rings. The maximum absolute atomic E-state index is 11.7. The minimum Gasteiger partial charge on any atom is -0.378 e. The summed E-state index contributed by atoms with van der Waals surface area (Å²) in [6.45, 7) is 3.56. The van der Waals surface area contributed by atoms with E-state index < -0.39 is 0 Å². The van der Waals surface area contributed by atoms with E-state index in [1.54, 1.807) is 4.90 Å². The first-order valence-corrected chi connectivity index (χ1v) is 6.53. The van der Waals surface area contributed by atoms with E-state index in [9.17, 15) is 4.79 Å². The molecule has 94 valence electrons. The Morgan fingerprint density at radius 1 is 1.62 bits per heavy atom. The average molecular weight is 248 g/mol. The van der Waals surface area contributed by atoms with E-state index in [-0.39, 0.29) is 11.3 Å². The monoisotopic (exact) mass is 247 g/mol. The normalized spacial score (nSPS) is 22.1. The fraction of sp³-hybridized carbons (Fsp3) is 0.917. The van der Waals surface area contributed by atoms with Gasteiger partial charge in [-0.15, -0.1) is 11.6 Å². The average Bonchev–Trinajstić information content (AvgIpc) is 2.75. The van der Waals surface area contributed by atoms with Crippen molar-refractivity contribution in [3.8, 4) is 0 Å². The molecule has 1 heterocycles. The molecule has 0 aromatic heterocycles. The van der Waals surface area contributed by atoms with Gasteiger partial charge in [0.25, 0.3) is 0 Å². The number of alkyl halides is 1. The highest BCUT2D eigenvalue weighted by molar-refractivity contribution is 6.20. The number of halogens is 1. The van der Waals surface area contributed by atoms with Gasteiger partial charge in [0, 0.05) is 32.0 Å². The molecular formula is C12H22ClNO2. The first-order chi connectivity index (χ1) is 7.59. The molecule has 0 spiro atoms. The van der Waals surface area contributed by atoms with E-state index in [1.165, 1.54) is 0 Å². The van der Waals surface area contributed by atoms with Gasteiger partial charge in [-0.05, 0) is 32.6 Å². The summed E-state index contributed by atoms with van der Waals surface area (Å²) in [5, 5.41) is 0.133. The second-order valence-electron chi connectivity index (χ2n) is 4.56. The molecule has 0 aromatic carbocycles. The Morgan fingerprint density at radius 2 is 2.38 bits per heavy atom. The van der Waals surface area contributed by atoms with Gasteiger partial charge < -0.3 is 9.64 Å². The minimum absolute atomic E-state index is 0.133. The minimum atomic E-state index is 0.133. The largest absolute Gasteiger partial charge is 0.378 e. The molecule has 0 radical (unpaired) electrons. The SMILES string of the molecule is CC(Cl)CCN(C)C(=O)CCC1CCCO1. The number of hydrogen-bond acceptors (Lipinski definition) is 2. The lowest BCUT2D eigenvalue weighted by Crippen LogP contribution is -2.29.